The lowest BCUT2D eigenvalue weighted by atomic mass is 9.85. The minimum Gasteiger partial charge on any atom is -0.336 e. The van der Waals surface area contributed by atoms with Crippen LogP contribution in [0.25, 0.3) is 10.2 Å². The van der Waals surface area contributed by atoms with Gasteiger partial charge in [-0.15, -0.1) is 11.3 Å². The van der Waals surface area contributed by atoms with Crippen LogP contribution in [0.3, 0.4) is 0 Å². The lowest BCUT2D eigenvalue weighted by Gasteiger charge is -2.35. The van der Waals surface area contributed by atoms with Crippen LogP contribution in [-0.2, 0) is 13.1 Å². The zero-order valence-corrected chi connectivity index (χ0v) is 17.0. The van der Waals surface area contributed by atoms with Crippen molar-refractivity contribution >= 4 is 27.5 Å². The smallest absolute Gasteiger partial charge is 0.270 e. The Bertz CT molecular complexity index is 949. The van der Waals surface area contributed by atoms with Gasteiger partial charge in [-0.25, -0.2) is 0 Å². The van der Waals surface area contributed by atoms with Gasteiger partial charge in [0.2, 0.25) is 0 Å². The molecule has 3 aromatic rings. The highest BCUT2D eigenvalue weighted by Crippen LogP contribution is 2.32. The topological polar surface area (TPSA) is 28.5 Å². The molecule has 2 fully saturated rings. The predicted octanol–water partition coefficient (Wildman–Crippen LogP) is 4.46. The van der Waals surface area contributed by atoms with Crippen LogP contribution in [0, 0.1) is 5.92 Å². The Morgan fingerprint density at radius 2 is 1.82 bits per heavy atom. The third-order valence-electron chi connectivity index (χ3n) is 6.32. The Morgan fingerprint density at radius 1 is 1.04 bits per heavy atom. The monoisotopic (exact) mass is 393 g/mol. The van der Waals surface area contributed by atoms with Gasteiger partial charge in [0, 0.05) is 39.3 Å². The summed E-state index contributed by atoms with van der Waals surface area (Å²) in [5.74, 6) is 0.951. The van der Waals surface area contributed by atoms with Crippen LogP contribution in [0.5, 0.6) is 0 Å². The highest BCUT2D eigenvalue weighted by molar-refractivity contribution is 7.17. The second kappa shape index (κ2) is 7.72. The average molecular weight is 394 g/mol. The molecule has 5 heteroatoms. The number of thiophene rings is 1. The zero-order chi connectivity index (χ0) is 18.9. The molecule has 1 saturated heterocycles. The van der Waals surface area contributed by atoms with Gasteiger partial charge in [0.15, 0.2) is 0 Å². The second-order valence-corrected chi connectivity index (χ2v) is 9.11. The Morgan fingerprint density at radius 3 is 2.54 bits per heavy atom. The highest BCUT2D eigenvalue weighted by atomic mass is 32.1. The fourth-order valence-corrected chi connectivity index (χ4v) is 5.22. The Labute approximate surface area is 170 Å². The second-order valence-electron chi connectivity index (χ2n) is 8.16. The molecule has 0 atom stereocenters. The van der Waals surface area contributed by atoms with Gasteiger partial charge in [-0.05, 0) is 41.8 Å². The molecule has 1 aliphatic carbocycles. The number of aromatic nitrogens is 1. The molecule has 0 radical (unpaired) electrons. The van der Waals surface area contributed by atoms with Crippen LogP contribution in [0.2, 0.25) is 0 Å². The standard InChI is InChI=1S/C23H27N3OS/c27-23(25-12-10-24(11-13-25)16-18-5-2-1-3-6-18)21-15-22-20(9-14-28-22)26(21)17-19-7-4-8-19/h1-3,5-6,9,14-15,19H,4,7-8,10-13,16-17H2. The summed E-state index contributed by atoms with van der Waals surface area (Å²) >= 11 is 1.74. The summed E-state index contributed by atoms with van der Waals surface area (Å²) in [4.78, 5) is 17.8. The molecule has 4 nitrogen and oxygen atoms in total. The number of rotatable bonds is 5. The summed E-state index contributed by atoms with van der Waals surface area (Å²) in [5, 5.41) is 2.14. The fourth-order valence-electron chi connectivity index (χ4n) is 4.40. The van der Waals surface area contributed by atoms with Crippen LogP contribution in [0.1, 0.15) is 35.3 Å². The van der Waals surface area contributed by atoms with E-state index in [4.69, 9.17) is 0 Å². The maximum Gasteiger partial charge on any atom is 0.270 e. The SMILES string of the molecule is O=C(c1cc2sccc2n1CC1CCC1)N1CCN(Cc2ccccc2)CC1. The van der Waals surface area contributed by atoms with E-state index in [1.165, 1.54) is 35.0 Å². The van der Waals surface area contributed by atoms with Gasteiger partial charge >= 0.3 is 0 Å². The summed E-state index contributed by atoms with van der Waals surface area (Å²) in [5.41, 5.74) is 3.48. The molecular weight excluding hydrogens is 366 g/mol. The summed E-state index contributed by atoms with van der Waals surface area (Å²) in [6.07, 6.45) is 3.94. The van der Waals surface area contributed by atoms with Crippen LogP contribution < -0.4 is 0 Å². The first-order valence-corrected chi connectivity index (χ1v) is 11.3. The van der Waals surface area contributed by atoms with Crippen molar-refractivity contribution < 1.29 is 4.79 Å². The Hall–Kier alpha value is -2.11. The minimum atomic E-state index is 0.210. The summed E-state index contributed by atoms with van der Waals surface area (Å²) in [6, 6.07) is 14.9. The Kier molecular flexibility index (Phi) is 4.95. The number of hydrogen-bond donors (Lipinski definition) is 0. The van der Waals surface area contributed by atoms with Crippen molar-refractivity contribution in [3.8, 4) is 0 Å². The van der Waals surface area contributed by atoms with E-state index >= 15 is 0 Å². The lowest BCUT2D eigenvalue weighted by molar-refractivity contribution is 0.0616. The van der Waals surface area contributed by atoms with Crippen LogP contribution in [-0.4, -0.2) is 46.5 Å². The fraction of sp³-hybridized carbons (Fsp3) is 0.435. The van der Waals surface area contributed by atoms with Gasteiger partial charge in [-0.2, -0.15) is 0 Å². The molecule has 3 heterocycles. The quantitative estimate of drug-likeness (QED) is 0.640. The van der Waals surface area contributed by atoms with E-state index < -0.39 is 0 Å². The number of carbonyl (C=O) groups is 1. The molecular formula is C23H27N3OS. The zero-order valence-electron chi connectivity index (χ0n) is 16.2. The van der Waals surface area contributed by atoms with Gasteiger partial charge in [0.1, 0.15) is 5.69 Å². The average Bonchev–Trinajstić information content (AvgIpc) is 3.27. The molecule has 5 rings (SSSR count). The highest BCUT2D eigenvalue weighted by Gasteiger charge is 2.27. The molecule has 28 heavy (non-hydrogen) atoms. The van der Waals surface area contributed by atoms with E-state index in [1.807, 2.05) is 0 Å². The van der Waals surface area contributed by atoms with E-state index in [0.717, 1.165) is 50.9 Å². The molecule has 0 N–H and O–H groups in total. The van der Waals surface area contributed by atoms with E-state index in [2.05, 4.69) is 62.2 Å². The van der Waals surface area contributed by atoms with E-state index in [-0.39, 0.29) is 5.91 Å². The van der Waals surface area contributed by atoms with E-state index in [0.29, 0.717) is 0 Å². The molecule has 0 spiro atoms. The molecule has 1 aliphatic heterocycles. The molecule has 1 saturated carbocycles. The van der Waals surface area contributed by atoms with Gasteiger partial charge in [-0.1, -0.05) is 36.8 Å². The number of piperazine rings is 1. The van der Waals surface area contributed by atoms with Crippen molar-refractivity contribution in [2.75, 3.05) is 26.2 Å². The van der Waals surface area contributed by atoms with Crippen LogP contribution >= 0.6 is 11.3 Å². The summed E-state index contributed by atoms with van der Waals surface area (Å²) in [7, 11) is 0. The minimum absolute atomic E-state index is 0.210. The number of fused-ring (bicyclic) bond motifs is 1. The lowest BCUT2D eigenvalue weighted by Crippen LogP contribution is -2.48. The predicted molar refractivity (Wildman–Crippen MR) is 115 cm³/mol. The maximum atomic E-state index is 13.3. The van der Waals surface area contributed by atoms with Gasteiger partial charge in [0.05, 0.1) is 10.2 Å². The van der Waals surface area contributed by atoms with E-state index in [9.17, 15) is 4.79 Å². The van der Waals surface area contributed by atoms with Crippen molar-refractivity contribution in [1.29, 1.82) is 0 Å². The molecule has 2 aliphatic rings. The van der Waals surface area contributed by atoms with Crippen LogP contribution in [0.4, 0.5) is 0 Å². The molecule has 146 valence electrons. The van der Waals surface area contributed by atoms with E-state index in [1.54, 1.807) is 11.3 Å². The number of carbonyl (C=O) groups excluding carboxylic acids is 1. The van der Waals surface area contributed by atoms with Crippen molar-refractivity contribution in [2.24, 2.45) is 5.92 Å². The first-order chi connectivity index (χ1) is 13.8. The molecule has 1 amide bonds. The molecule has 0 unspecified atom stereocenters. The number of benzene rings is 1. The molecule has 1 aromatic carbocycles. The normalized spacial score (nSPS) is 18.5. The van der Waals surface area contributed by atoms with Crippen molar-refractivity contribution in [1.82, 2.24) is 14.4 Å². The third-order valence-corrected chi connectivity index (χ3v) is 7.17. The number of hydrogen-bond acceptors (Lipinski definition) is 3. The third kappa shape index (κ3) is 3.49. The largest absolute Gasteiger partial charge is 0.336 e. The van der Waals surface area contributed by atoms with Gasteiger partial charge in [0.25, 0.3) is 5.91 Å². The molecule has 2 aromatic heterocycles. The maximum absolute atomic E-state index is 13.3. The first kappa shape index (κ1) is 18.0. The van der Waals surface area contributed by atoms with Gasteiger partial charge in [-0.3, -0.25) is 9.69 Å². The first-order valence-electron chi connectivity index (χ1n) is 10.4. The Balaban J connectivity index is 1.28. The van der Waals surface area contributed by atoms with Crippen molar-refractivity contribution in [2.45, 2.75) is 32.4 Å². The summed E-state index contributed by atoms with van der Waals surface area (Å²) < 4.78 is 3.54. The van der Waals surface area contributed by atoms with Crippen LogP contribution in [0.15, 0.2) is 47.8 Å². The van der Waals surface area contributed by atoms with Crippen molar-refractivity contribution in [3.05, 3.63) is 59.1 Å². The molecule has 0 bridgehead atoms. The van der Waals surface area contributed by atoms with Crippen molar-refractivity contribution in [3.63, 3.8) is 0 Å². The number of amides is 1. The van der Waals surface area contributed by atoms with Gasteiger partial charge < -0.3 is 9.47 Å². The number of nitrogens with zero attached hydrogens (tertiary/aromatic N) is 3. The summed E-state index contributed by atoms with van der Waals surface area (Å²) in [6.45, 7) is 5.48.